The van der Waals surface area contributed by atoms with Gasteiger partial charge in [-0.1, -0.05) is 42.5 Å². The van der Waals surface area contributed by atoms with E-state index in [0.29, 0.717) is 24.2 Å². The summed E-state index contributed by atoms with van der Waals surface area (Å²) in [6.45, 7) is 8.71. The van der Waals surface area contributed by atoms with Crippen LogP contribution in [0.4, 0.5) is 5.69 Å². The molecule has 0 spiro atoms. The van der Waals surface area contributed by atoms with Crippen molar-refractivity contribution in [2.45, 2.75) is 39.2 Å². The summed E-state index contributed by atoms with van der Waals surface area (Å²) in [6, 6.07) is 19.2. The highest BCUT2D eigenvalue weighted by Crippen LogP contribution is 2.44. The zero-order valence-electron chi connectivity index (χ0n) is 17.9. The van der Waals surface area contributed by atoms with Crippen molar-refractivity contribution in [3.63, 3.8) is 0 Å². The summed E-state index contributed by atoms with van der Waals surface area (Å²) in [4.78, 5) is 21.5. The maximum absolute atomic E-state index is 12.8. The molecule has 5 nitrogen and oxygen atoms in total. The van der Waals surface area contributed by atoms with E-state index in [4.69, 9.17) is 9.73 Å². The summed E-state index contributed by atoms with van der Waals surface area (Å²) in [5, 5.41) is 0. The number of aliphatic imine (C=N–C) groups is 1. The van der Waals surface area contributed by atoms with E-state index in [1.165, 1.54) is 11.3 Å². The number of hydrogen-bond donors (Lipinski definition) is 0. The Bertz CT molecular complexity index is 946. The molecular formula is C25H29N3O2. The molecule has 1 aliphatic heterocycles. The van der Waals surface area contributed by atoms with Crippen LogP contribution in [0.1, 0.15) is 44.2 Å². The standard InChI is InChI=1S/C25H29N3O2/c1-4-27(5-2)20-14-12-18(13-15-20)16-23-24(29)28(6-3)25(30-23)26-22-17-21(22)19-10-8-7-9-11-19/h7-16,21-22H,4-6,17H2,1-3H3/b23-16+,26-25?. The lowest BCUT2D eigenvalue weighted by molar-refractivity contribution is -0.122. The first kappa shape index (κ1) is 20.2. The average molecular weight is 404 g/mol. The summed E-state index contributed by atoms with van der Waals surface area (Å²) in [5.41, 5.74) is 3.42. The normalized spacial score (nSPS) is 23.2. The average Bonchev–Trinajstić information content (AvgIpc) is 3.48. The minimum Gasteiger partial charge on any atom is -0.420 e. The van der Waals surface area contributed by atoms with Crippen molar-refractivity contribution in [1.82, 2.24) is 4.90 Å². The Morgan fingerprint density at radius 3 is 2.40 bits per heavy atom. The van der Waals surface area contributed by atoms with Crippen molar-refractivity contribution in [3.8, 4) is 0 Å². The molecule has 0 N–H and O–H groups in total. The van der Waals surface area contributed by atoms with E-state index in [1.807, 2.05) is 25.1 Å². The van der Waals surface area contributed by atoms with Crippen molar-refractivity contribution < 1.29 is 9.53 Å². The van der Waals surface area contributed by atoms with Crippen LogP contribution in [-0.4, -0.2) is 42.5 Å². The van der Waals surface area contributed by atoms with Crippen LogP contribution in [-0.2, 0) is 9.53 Å². The number of carbonyl (C=O) groups is 1. The fourth-order valence-corrected chi connectivity index (χ4v) is 3.93. The molecule has 5 heteroatoms. The fourth-order valence-electron chi connectivity index (χ4n) is 3.93. The number of benzene rings is 2. The third-order valence-electron chi connectivity index (χ3n) is 5.78. The predicted octanol–water partition coefficient (Wildman–Crippen LogP) is 4.66. The minimum absolute atomic E-state index is 0.124. The second-order valence-electron chi connectivity index (χ2n) is 7.66. The molecule has 2 aromatic rings. The van der Waals surface area contributed by atoms with Gasteiger partial charge in [-0.25, -0.2) is 4.99 Å². The molecular weight excluding hydrogens is 374 g/mol. The topological polar surface area (TPSA) is 45.1 Å². The zero-order valence-corrected chi connectivity index (χ0v) is 17.9. The van der Waals surface area contributed by atoms with Gasteiger partial charge in [0.05, 0.1) is 6.04 Å². The number of amidine groups is 1. The second kappa shape index (κ2) is 8.74. The first-order valence-electron chi connectivity index (χ1n) is 10.8. The van der Waals surface area contributed by atoms with Gasteiger partial charge in [0.25, 0.3) is 5.91 Å². The predicted molar refractivity (Wildman–Crippen MR) is 121 cm³/mol. The van der Waals surface area contributed by atoms with Gasteiger partial charge in [-0.3, -0.25) is 9.69 Å². The van der Waals surface area contributed by atoms with Gasteiger partial charge in [0, 0.05) is 31.2 Å². The summed E-state index contributed by atoms with van der Waals surface area (Å²) >= 11 is 0. The molecule has 1 saturated carbocycles. The molecule has 30 heavy (non-hydrogen) atoms. The van der Waals surface area contributed by atoms with Gasteiger partial charge >= 0.3 is 6.02 Å². The van der Waals surface area contributed by atoms with Crippen LogP contribution >= 0.6 is 0 Å². The molecule has 2 aliphatic rings. The number of likely N-dealkylation sites (N-methyl/N-ethyl adjacent to an activating group) is 1. The molecule has 1 aliphatic carbocycles. The SMILES string of the molecule is CCN1C(=O)/C(=C\c2ccc(N(CC)CC)cc2)OC1=NC1CC1c1ccccc1. The first-order valence-corrected chi connectivity index (χ1v) is 10.8. The van der Waals surface area contributed by atoms with Gasteiger partial charge in [-0.2, -0.15) is 0 Å². The van der Waals surface area contributed by atoms with Crippen molar-refractivity contribution in [1.29, 1.82) is 0 Å². The van der Waals surface area contributed by atoms with Crippen LogP contribution in [0.2, 0.25) is 0 Å². The Hall–Kier alpha value is -3.08. The van der Waals surface area contributed by atoms with E-state index in [9.17, 15) is 4.79 Å². The third-order valence-corrected chi connectivity index (χ3v) is 5.78. The van der Waals surface area contributed by atoms with Crippen molar-refractivity contribution in [2.75, 3.05) is 24.5 Å². The molecule has 1 heterocycles. The van der Waals surface area contributed by atoms with E-state index in [-0.39, 0.29) is 11.9 Å². The van der Waals surface area contributed by atoms with Crippen molar-refractivity contribution >= 4 is 23.7 Å². The molecule has 156 valence electrons. The molecule has 1 saturated heterocycles. The van der Waals surface area contributed by atoms with Crippen molar-refractivity contribution in [3.05, 3.63) is 71.5 Å². The molecule has 2 atom stereocenters. The van der Waals surface area contributed by atoms with Crippen molar-refractivity contribution in [2.24, 2.45) is 4.99 Å². The molecule has 1 amide bonds. The van der Waals surface area contributed by atoms with Gasteiger partial charge in [-0.15, -0.1) is 0 Å². The van der Waals surface area contributed by atoms with Gasteiger partial charge in [0.2, 0.25) is 0 Å². The van der Waals surface area contributed by atoms with E-state index in [2.05, 4.69) is 55.1 Å². The molecule has 0 radical (unpaired) electrons. The maximum Gasteiger partial charge on any atom is 0.300 e. The van der Waals surface area contributed by atoms with Crippen LogP contribution in [0.5, 0.6) is 0 Å². The summed E-state index contributed by atoms with van der Waals surface area (Å²) in [5.74, 6) is 0.626. The van der Waals surface area contributed by atoms with Gasteiger partial charge < -0.3 is 9.64 Å². The van der Waals surface area contributed by atoms with E-state index < -0.39 is 0 Å². The monoisotopic (exact) mass is 403 g/mol. The summed E-state index contributed by atoms with van der Waals surface area (Å²) in [7, 11) is 0. The molecule has 0 bridgehead atoms. The molecule has 2 aromatic carbocycles. The Kier molecular flexibility index (Phi) is 5.88. The molecule has 0 aromatic heterocycles. The number of hydrogen-bond acceptors (Lipinski definition) is 4. The van der Waals surface area contributed by atoms with Gasteiger partial charge in [0.1, 0.15) is 0 Å². The first-order chi connectivity index (χ1) is 14.6. The highest BCUT2D eigenvalue weighted by atomic mass is 16.5. The second-order valence-corrected chi connectivity index (χ2v) is 7.66. The Morgan fingerprint density at radius 1 is 1.07 bits per heavy atom. The van der Waals surface area contributed by atoms with Crippen LogP contribution in [0.25, 0.3) is 6.08 Å². The number of ether oxygens (including phenoxy) is 1. The number of anilines is 1. The Labute approximate surface area is 178 Å². The third kappa shape index (κ3) is 4.11. The number of amides is 1. The largest absolute Gasteiger partial charge is 0.420 e. The molecule has 4 rings (SSSR count). The highest BCUT2D eigenvalue weighted by Gasteiger charge is 2.42. The van der Waals surface area contributed by atoms with E-state index in [0.717, 1.165) is 25.1 Å². The minimum atomic E-state index is -0.124. The lowest BCUT2D eigenvalue weighted by atomic mass is 10.1. The van der Waals surface area contributed by atoms with E-state index >= 15 is 0 Å². The smallest absolute Gasteiger partial charge is 0.300 e. The lowest BCUT2D eigenvalue weighted by Crippen LogP contribution is -2.29. The van der Waals surface area contributed by atoms with Gasteiger partial charge in [0.15, 0.2) is 5.76 Å². The van der Waals surface area contributed by atoms with Crippen LogP contribution < -0.4 is 4.90 Å². The van der Waals surface area contributed by atoms with Crippen LogP contribution in [0.3, 0.4) is 0 Å². The summed E-state index contributed by atoms with van der Waals surface area (Å²) < 4.78 is 5.91. The van der Waals surface area contributed by atoms with Crippen LogP contribution in [0.15, 0.2) is 65.3 Å². The Morgan fingerprint density at radius 2 is 1.77 bits per heavy atom. The molecule has 2 fully saturated rings. The Balaban J connectivity index is 1.50. The summed E-state index contributed by atoms with van der Waals surface area (Å²) in [6.07, 6.45) is 2.80. The number of carbonyl (C=O) groups excluding carboxylic acids is 1. The number of nitrogens with zero attached hydrogens (tertiary/aromatic N) is 3. The lowest BCUT2D eigenvalue weighted by Gasteiger charge is -2.20. The van der Waals surface area contributed by atoms with Crippen LogP contribution in [0, 0.1) is 0 Å². The zero-order chi connectivity index (χ0) is 21.1. The van der Waals surface area contributed by atoms with Gasteiger partial charge in [-0.05, 0) is 56.5 Å². The highest BCUT2D eigenvalue weighted by molar-refractivity contribution is 6.11. The van der Waals surface area contributed by atoms with E-state index in [1.54, 1.807) is 11.0 Å². The maximum atomic E-state index is 12.8. The fraction of sp³-hybridized carbons (Fsp3) is 0.360. The number of rotatable bonds is 7. The quantitative estimate of drug-likeness (QED) is 0.632. The molecule has 2 unspecified atom stereocenters.